The molecule has 0 atom stereocenters. The van der Waals surface area contributed by atoms with E-state index in [0.29, 0.717) is 23.6 Å². The van der Waals surface area contributed by atoms with E-state index in [1.54, 1.807) is 19.2 Å². The zero-order chi connectivity index (χ0) is 12.7. The highest BCUT2D eigenvalue weighted by molar-refractivity contribution is 5.83. The lowest BCUT2D eigenvalue weighted by Crippen LogP contribution is -1.96. The third kappa shape index (κ3) is 3.32. The van der Waals surface area contributed by atoms with Crippen LogP contribution in [0.3, 0.4) is 0 Å². The standard InChI is InChI=1S/C13H17NO3/c1-16-12-7-10(5-3-4-6-14)11(9-15)8-13(12)17-2/h3,5,7-9H,4,6,14H2,1-2H3. The van der Waals surface area contributed by atoms with Crippen molar-refractivity contribution in [2.75, 3.05) is 20.8 Å². The van der Waals surface area contributed by atoms with Crippen molar-refractivity contribution in [2.45, 2.75) is 6.42 Å². The SMILES string of the molecule is COc1cc(C=O)c(C=CCCN)cc1OC. The van der Waals surface area contributed by atoms with Crippen LogP contribution in [0.25, 0.3) is 6.08 Å². The minimum absolute atomic E-state index is 0.547. The Morgan fingerprint density at radius 3 is 2.24 bits per heavy atom. The monoisotopic (exact) mass is 235 g/mol. The highest BCUT2D eigenvalue weighted by Gasteiger charge is 2.08. The van der Waals surface area contributed by atoms with Gasteiger partial charge < -0.3 is 15.2 Å². The number of hydrogen-bond acceptors (Lipinski definition) is 4. The van der Waals surface area contributed by atoms with Gasteiger partial charge in [0.1, 0.15) is 0 Å². The molecule has 92 valence electrons. The van der Waals surface area contributed by atoms with E-state index in [-0.39, 0.29) is 0 Å². The van der Waals surface area contributed by atoms with E-state index in [4.69, 9.17) is 15.2 Å². The molecule has 0 unspecified atom stereocenters. The molecule has 0 saturated heterocycles. The van der Waals surface area contributed by atoms with E-state index in [1.807, 2.05) is 12.2 Å². The van der Waals surface area contributed by atoms with E-state index in [2.05, 4.69) is 0 Å². The average Bonchev–Trinajstić information content (AvgIpc) is 2.38. The van der Waals surface area contributed by atoms with Gasteiger partial charge >= 0.3 is 0 Å². The molecule has 0 amide bonds. The molecule has 2 N–H and O–H groups in total. The van der Waals surface area contributed by atoms with Crippen LogP contribution in [-0.4, -0.2) is 27.1 Å². The zero-order valence-corrected chi connectivity index (χ0v) is 10.1. The van der Waals surface area contributed by atoms with Gasteiger partial charge in [-0.15, -0.1) is 0 Å². The van der Waals surface area contributed by atoms with Crippen molar-refractivity contribution < 1.29 is 14.3 Å². The van der Waals surface area contributed by atoms with Gasteiger partial charge in [-0.3, -0.25) is 4.79 Å². The molecule has 0 radical (unpaired) electrons. The molecule has 0 spiro atoms. The van der Waals surface area contributed by atoms with Gasteiger partial charge in [-0.05, 0) is 30.7 Å². The molecule has 4 heteroatoms. The summed E-state index contributed by atoms with van der Waals surface area (Å²) in [6.07, 6.45) is 5.35. The quantitative estimate of drug-likeness (QED) is 0.765. The Morgan fingerprint density at radius 2 is 1.76 bits per heavy atom. The first-order chi connectivity index (χ1) is 8.26. The minimum Gasteiger partial charge on any atom is -0.493 e. The lowest BCUT2D eigenvalue weighted by Gasteiger charge is -2.10. The third-order valence-corrected chi connectivity index (χ3v) is 2.35. The van der Waals surface area contributed by atoms with Crippen LogP contribution in [0.5, 0.6) is 11.5 Å². The molecule has 0 fully saturated rings. The van der Waals surface area contributed by atoms with Crippen LogP contribution < -0.4 is 15.2 Å². The second-order valence-electron chi connectivity index (χ2n) is 3.43. The molecular weight excluding hydrogens is 218 g/mol. The predicted molar refractivity (Wildman–Crippen MR) is 67.6 cm³/mol. The maximum atomic E-state index is 11.0. The summed E-state index contributed by atoms with van der Waals surface area (Å²) in [5.74, 6) is 1.15. The first kappa shape index (κ1) is 13.3. The van der Waals surface area contributed by atoms with Crippen LogP contribution in [0.15, 0.2) is 18.2 Å². The smallest absolute Gasteiger partial charge is 0.161 e. The summed E-state index contributed by atoms with van der Waals surface area (Å²) < 4.78 is 10.3. The van der Waals surface area contributed by atoms with E-state index in [9.17, 15) is 4.79 Å². The van der Waals surface area contributed by atoms with Crippen LogP contribution in [-0.2, 0) is 0 Å². The van der Waals surface area contributed by atoms with Crippen molar-refractivity contribution >= 4 is 12.4 Å². The number of methoxy groups -OCH3 is 2. The summed E-state index contributed by atoms with van der Waals surface area (Å²) in [5, 5.41) is 0. The number of hydrogen-bond donors (Lipinski definition) is 1. The fourth-order valence-electron chi connectivity index (χ4n) is 1.46. The topological polar surface area (TPSA) is 61.5 Å². The number of aldehydes is 1. The largest absolute Gasteiger partial charge is 0.493 e. The molecule has 0 aliphatic rings. The van der Waals surface area contributed by atoms with Gasteiger partial charge in [0.15, 0.2) is 17.8 Å². The van der Waals surface area contributed by atoms with Gasteiger partial charge in [-0.2, -0.15) is 0 Å². The van der Waals surface area contributed by atoms with Crippen LogP contribution in [0.2, 0.25) is 0 Å². The average molecular weight is 235 g/mol. The Kier molecular flexibility index (Phi) is 5.23. The molecule has 0 saturated carbocycles. The lowest BCUT2D eigenvalue weighted by molar-refractivity contribution is 0.112. The molecule has 4 nitrogen and oxygen atoms in total. The summed E-state index contributed by atoms with van der Waals surface area (Å²) in [6, 6.07) is 3.43. The van der Waals surface area contributed by atoms with Crippen molar-refractivity contribution in [3.63, 3.8) is 0 Å². The van der Waals surface area contributed by atoms with E-state index >= 15 is 0 Å². The Labute approximate surface area is 101 Å². The highest BCUT2D eigenvalue weighted by Crippen LogP contribution is 2.30. The summed E-state index contributed by atoms with van der Waals surface area (Å²) in [5.41, 5.74) is 6.76. The van der Waals surface area contributed by atoms with Crippen molar-refractivity contribution in [1.29, 1.82) is 0 Å². The molecule has 1 rings (SSSR count). The molecule has 0 heterocycles. The Hall–Kier alpha value is -1.81. The fraction of sp³-hybridized carbons (Fsp3) is 0.308. The minimum atomic E-state index is 0.547. The van der Waals surface area contributed by atoms with Crippen molar-refractivity contribution in [3.8, 4) is 11.5 Å². The Bertz CT molecular complexity index is 413. The molecular formula is C13H17NO3. The number of carbonyl (C=O) groups excluding carboxylic acids is 1. The summed E-state index contributed by atoms with van der Waals surface area (Å²) in [6.45, 7) is 0.584. The number of carbonyl (C=O) groups is 1. The maximum Gasteiger partial charge on any atom is 0.161 e. The summed E-state index contributed by atoms with van der Waals surface area (Å²) >= 11 is 0. The van der Waals surface area contributed by atoms with Gasteiger partial charge in [0.2, 0.25) is 0 Å². The molecule has 0 aromatic heterocycles. The van der Waals surface area contributed by atoms with E-state index < -0.39 is 0 Å². The van der Waals surface area contributed by atoms with Gasteiger partial charge in [0, 0.05) is 5.56 Å². The van der Waals surface area contributed by atoms with E-state index in [0.717, 1.165) is 18.3 Å². The predicted octanol–water partition coefficient (Wildman–Crippen LogP) is 1.88. The first-order valence-corrected chi connectivity index (χ1v) is 5.34. The lowest BCUT2D eigenvalue weighted by atomic mass is 10.1. The van der Waals surface area contributed by atoms with Crippen molar-refractivity contribution in [2.24, 2.45) is 5.73 Å². The van der Waals surface area contributed by atoms with Gasteiger partial charge in [0.25, 0.3) is 0 Å². The number of nitrogens with two attached hydrogens (primary N) is 1. The molecule has 0 bridgehead atoms. The molecule has 1 aromatic carbocycles. The summed E-state index contributed by atoms with van der Waals surface area (Å²) in [7, 11) is 3.10. The van der Waals surface area contributed by atoms with Crippen LogP contribution in [0, 0.1) is 0 Å². The fourth-order valence-corrected chi connectivity index (χ4v) is 1.46. The molecule has 0 aliphatic heterocycles. The molecule has 1 aromatic rings. The Balaban J connectivity index is 3.14. The number of ether oxygens (including phenoxy) is 2. The van der Waals surface area contributed by atoms with Gasteiger partial charge in [-0.1, -0.05) is 12.2 Å². The van der Waals surface area contributed by atoms with E-state index in [1.165, 1.54) is 7.11 Å². The first-order valence-electron chi connectivity index (χ1n) is 5.34. The van der Waals surface area contributed by atoms with Crippen molar-refractivity contribution in [1.82, 2.24) is 0 Å². The van der Waals surface area contributed by atoms with Crippen LogP contribution in [0.1, 0.15) is 22.3 Å². The summed E-state index contributed by atoms with van der Waals surface area (Å²) in [4.78, 5) is 11.0. The second kappa shape index (κ2) is 6.70. The molecule has 17 heavy (non-hydrogen) atoms. The van der Waals surface area contributed by atoms with Gasteiger partial charge in [0.05, 0.1) is 14.2 Å². The Morgan fingerprint density at radius 1 is 1.18 bits per heavy atom. The zero-order valence-electron chi connectivity index (χ0n) is 10.1. The number of rotatable bonds is 6. The third-order valence-electron chi connectivity index (χ3n) is 2.35. The number of benzene rings is 1. The van der Waals surface area contributed by atoms with Crippen LogP contribution in [0.4, 0.5) is 0 Å². The van der Waals surface area contributed by atoms with Crippen molar-refractivity contribution in [3.05, 3.63) is 29.3 Å². The maximum absolute atomic E-state index is 11.0. The van der Waals surface area contributed by atoms with Gasteiger partial charge in [-0.25, -0.2) is 0 Å². The second-order valence-corrected chi connectivity index (χ2v) is 3.43. The van der Waals surface area contributed by atoms with Crippen LogP contribution >= 0.6 is 0 Å². The molecule has 0 aliphatic carbocycles. The highest BCUT2D eigenvalue weighted by atomic mass is 16.5. The normalized spacial score (nSPS) is 10.5.